The number of nitrogens with two attached hydrogens (primary N) is 1. The molecule has 104 valence electrons. The topological polar surface area (TPSA) is 81.2 Å². The fourth-order valence-corrected chi connectivity index (χ4v) is 3.25. The van der Waals surface area contributed by atoms with E-state index in [1.54, 1.807) is 24.7 Å². The average molecular weight is 274 g/mol. The molecule has 18 heavy (non-hydrogen) atoms. The third-order valence-electron chi connectivity index (χ3n) is 2.78. The minimum absolute atomic E-state index is 0.118. The molecule has 0 unspecified atom stereocenters. The van der Waals surface area contributed by atoms with E-state index < -0.39 is 10.0 Å². The molecule has 1 aromatic heterocycles. The molecule has 0 bridgehead atoms. The predicted octanol–water partition coefficient (Wildman–Crippen LogP) is 0.478. The molecule has 1 heterocycles. The molecule has 0 spiro atoms. The fourth-order valence-electron chi connectivity index (χ4n) is 1.65. The zero-order valence-electron chi connectivity index (χ0n) is 11.3. The molecule has 0 aliphatic heterocycles. The van der Waals surface area contributed by atoms with Crippen molar-refractivity contribution in [2.24, 2.45) is 12.8 Å². The summed E-state index contributed by atoms with van der Waals surface area (Å²) in [4.78, 5) is 4.10. The van der Waals surface area contributed by atoms with Crippen molar-refractivity contribution in [2.45, 2.75) is 31.7 Å². The molecular formula is C11H22N4O2S. The van der Waals surface area contributed by atoms with Crippen LogP contribution in [0.4, 0.5) is 0 Å². The predicted molar refractivity (Wildman–Crippen MR) is 70.7 cm³/mol. The molecule has 0 aromatic carbocycles. The zero-order valence-corrected chi connectivity index (χ0v) is 12.1. The van der Waals surface area contributed by atoms with E-state index in [2.05, 4.69) is 4.98 Å². The van der Waals surface area contributed by atoms with Crippen molar-refractivity contribution in [2.75, 3.05) is 19.6 Å². The van der Waals surface area contributed by atoms with E-state index in [1.807, 2.05) is 6.92 Å². The van der Waals surface area contributed by atoms with Gasteiger partial charge in [-0.2, -0.15) is 4.31 Å². The van der Waals surface area contributed by atoms with Gasteiger partial charge in [0.1, 0.15) is 5.82 Å². The smallest absolute Gasteiger partial charge is 0.262 e. The Balaban J connectivity index is 3.00. The molecular weight excluding hydrogens is 252 g/mol. The molecule has 1 rings (SSSR count). The van der Waals surface area contributed by atoms with Crippen LogP contribution in [0, 0.1) is 6.92 Å². The van der Waals surface area contributed by atoms with Crippen LogP contribution >= 0.6 is 0 Å². The van der Waals surface area contributed by atoms with E-state index in [0.29, 0.717) is 31.9 Å². The lowest BCUT2D eigenvalue weighted by molar-refractivity contribution is 0.404. The summed E-state index contributed by atoms with van der Waals surface area (Å²) in [6, 6.07) is 0. The molecule has 0 aliphatic rings. The van der Waals surface area contributed by atoms with E-state index in [9.17, 15) is 8.42 Å². The summed E-state index contributed by atoms with van der Waals surface area (Å²) in [5.74, 6) is 0.684. The Hall–Kier alpha value is -0.920. The van der Waals surface area contributed by atoms with Crippen LogP contribution < -0.4 is 5.73 Å². The summed E-state index contributed by atoms with van der Waals surface area (Å²) >= 11 is 0. The Morgan fingerprint density at radius 1 is 1.44 bits per heavy atom. The van der Waals surface area contributed by atoms with Crippen molar-refractivity contribution >= 4 is 10.0 Å². The van der Waals surface area contributed by atoms with Gasteiger partial charge in [0.15, 0.2) is 5.03 Å². The SMILES string of the molecule is CCCN(CCCN)S(=O)(=O)c1cn(C)c(C)n1. The van der Waals surface area contributed by atoms with Crippen molar-refractivity contribution in [3.63, 3.8) is 0 Å². The summed E-state index contributed by atoms with van der Waals surface area (Å²) in [7, 11) is -1.71. The van der Waals surface area contributed by atoms with Gasteiger partial charge < -0.3 is 10.3 Å². The van der Waals surface area contributed by atoms with Gasteiger partial charge in [0.05, 0.1) is 0 Å². The van der Waals surface area contributed by atoms with Gasteiger partial charge in [0.2, 0.25) is 0 Å². The lowest BCUT2D eigenvalue weighted by Crippen LogP contribution is -2.34. The molecule has 1 aromatic rings. The van der Waals surface area contributed by atoms with Gasteiger partial charge in [-0.25, -0.2) is 13.4 Å². The van der Waals surface area contributed by atoms with Gasteiger partial charge >= 0.3 is 0 Å². The Labute approximate surface area is 109 Å². The Bertz CT molecular complexity index is 462. The maximum atomic E-state index is 12.4. The van der Waals surface area contributed by atoms with Gasteiger partial charge in [-0.1, -0.05) is 6.92 Å². The molecule has 0 saturated heterocycles. The van der Waals surface area contributed by atoms with Crippen LogP contribution in [0.15, 0.2) is 11.2 Å². The lowest BCUT2D eigenvalue weighted by atomic mass is 10.4. The van der Waals surface area contributed by atoms with Crippen molar-refractivity contribution in [3.05, 3.63) is 12.0 Å². The van der Waals surface area contributed by atoms with Crippen LogP contribution in [0.5, 0.6) is 0 Å². The quantitative estimate of drug-likeness (QED) is 0.784. The van der Waals surface area contributed by atoms with E-state index in [1.165, 1.54) is 4.31 Å². The van der Waals surface area contributed by atoms with Crippen molar-refractivity contribution in [1.29, 1.82) is 0 Å². The highest BCUT2D eigenvalue weighted by atomic mass is 32.2. The molecule has 7 heteroatoms. The molecule has 0 amide bonds. The van der Waals surface area contributed by atoms with Crippen LogP contribution in [0.3, 0.4) is 0 Å². The number of sulfonamides is 1. The summed E-state index contributed by atoms with van der Waals surface area (Å²) in [5.41, 5.74) is 5.44. The number of imidazole rings is 1. The van der Waals surface area contributed by atoms with Crippen molar-refractivity contribution in [3.8, 4) is 0 Å². The molecule has 0 radical (unpaired) electrons. The monoisotopic (exact) mass is 274 g/mol. The van der Waals surface area contributed by atoms with Crippen LogP contribution in [0.25, 0.3) is 0 Å². The maximum Gasteiger partial charge on any atom is 0.262 e. The number of nitrogens with zero attached hydrogens (tertiary/aromatic N) is 3. The first-order valence-corrected chi connectivity index (χ1v) is 7.57. The first-order chi connectivity index (χ1) is 8.43. The molecule has 0 fully saturated rings. The normalized spacial score (nSPS) is 12.3. The lowest BCUT2D eigenvalue weighted by Gasteiger charge is -2.19. The number of aromatic nitrogens is 2. The first kappa shape index (κ1) is 15.1. The molecule has 6 nitrogen and oxygen atoms in total. The van der Waals surface area contributed by atoms with E-state index in [0.717, 1.165) is 6.42 Å². The van der Waals surface area contributed by atoms with E-state index in [4.69, 9.17) is 5.73 Å². The average Bonchev–Trinajstić information content (AvgIpc) is 2.65. The summed E-state index contributed by atoms with van der Waals surface area (Å²) in [6.45, 7) is 5.16. The van der Waals surface area contributed by atoms with Crippen LogP contribution in [-0.4, -0.2) is 41.9 Å². The number of aryl methyl sites for hydroxylation is 2. The van der Waals surface area contributed by atoms with Gasteiger partial charge in [-0.15, -0.1) is 0 Å². The van der Waals surface area contributed by atoms with Crippen molar-refractivity contribution < 1.29 is 8.42 Å². The standard InChI is InChI=1S/C11H22N4O2S/c1-4-7-15(8-5-6-12)18(16,17)11-9-14(3)10(2)13-11/h9H,4-8,12H2,1-3H3. The van der Waals surface area contributed by atoms with Gasteiger partial charge in [0.25, 0.3) is 10.0 Å². The Morgan fingerprint density at radius 2 is 2.11 bits per heavy atom. The second kappa shape index (κ2) is 6.31. The second-order valence-electron chi connectivity index (χ2n) is 4.28. The van der Waals surface area contributed by atoms with Crippen LogP contribution in [0.2, 0.25) is 0 Å². The highest BCUT2D eigenvalue weighted by Crippen LogP contribution is 2.15. The number of rotatable bonds is 7. The summed E-state index contributed by atoms with van der Waals surface area (Å²) < 4.78 is 28.0. The maximum absolute atomic E-state index is 12.4. The fraction of sp³-hybridized carbons (Fsp3) is 0.727. The van der Waals surface area contributed by atoms with E-state index in [-0.39, 0.29) is 5.03 Å². The van der Waals surface area contributed by atoms with E-state index >= 15 is 0 Å². The van der Waals surface area contributed by atoms with Gasteiger partial charge in [0, 0.05) is 26.3 Å². The second-order valence-corrected chi connectivity index (χ2v) is 6.17. The van der Waals surface area contributed by atoms with Gasteiger partial charge in [-0.3, -0.25) is 0 Å². The molecule has 0 atom stereocenters. The van der Waals surface area contributed by atoms with Crippen LogP contribution in [0.1, 0.15) is 25.6 Å². The third kappa shape index (κ3) is 3.30. The third-order valence-corrected chi connectivity index (χ3v) is 4.55. The minimum atomic E-state index is -3.49. The molecule has 0 aliphatic carbocycles. The Kier molecular flexibility index (Phi) is 5.30. The Morgan fingerprint density at radius 3 is 2.56 bits per heavy atom. The van der Waals surface area contributed by atoms with Crippen LogP contribution in [-0.2, 0) is 17.1 Å². The first-order valence-electron chi connectivity index (χ1n) is 6.13. The molecule has 2 N–H and O–H groups in total. The highest BCUT2D eigenvalue weighted by Gasteiger charge is 2.26. The summed E-state index contributed by atoms with van der Waals surface area (Å²) in [5, 5.41) is 0.118. The summed E-state index contributed by atoms with van der Waals surface area (Å²) in [6.07, 6.45) is 2.98. The molecule has 0 saturated carbocycles. The van der Waals surface area contributed by atoms with Gasteiger partial charge in [-0.05, 0) is 26.3 Å². The zero-order chi connectivity index (χ0) is 13.8. The largest absolute Gasteiger partial charge is 0.337 e. The minimum Gasteiger partial charge on any atom is -0.337 e. The number of hydrogen-bond acceptors (Lipinski definition) is 4. The highest BCUT2D eigenvalue weighted by molar-refractivity contribution is 7.89. The number of hydrogen-bond donors (Lipinski definition) is 1. The van der Waals surface area contributed by atoms with Crippen molar-refractivity contribution in [1.82, 2.24) is 13.9 Å².